The number of nitrogens with zero attached hydrogens (tertiary/aromatic N) is 2. The first kappa shape index (κ1) is 20.7. The highest BCUT2D eigenvalue weighted by molar-refractivity contribution is 8.00. The number of carbonyl (C=O) groups excluding carboxylic acids is 2. The zero-order valence-corrected chi connectivity index (χ0v) is 16.6. The number of nitrogens with two attached hydrogens (primary N) is 1. The van der Waals surface area contributed by atoms with E-state index in [0.29, 0.717) is 4.90 Å². The van der Waals surface area contributed by atoms with E-state index >= 15 is 0 Å². The molecule has 0 aliphatic carbocycles. The van der Waals surface area contributed by atoms with Crippen molar-refractivity contribution >= 4 is 40.6 Å². The first-order valence-electron chi connectivity index (χ1n) is 9.30. The summed E-state index contributed by atoms with van der Waals surface area (Å²) in [6, 6.07) is 11.6. The number of carbonyl (C=O) groups is 2. The van der Waals surface area contributed by atoms with Crippen LogP contribution in [0, 0.1) is 10.1 Å². The second-order valence-corrected chi connectivity index (χ2v) is 7.72. The summed E-state index contributed by atoms with van der Waals surface area (Å²) in [7, 11) is 0. The molecular weight excluding hydrogens is 392 g/mol. The average Bonchev–Trinajstić information content (AvgIpc) is 2.73. The molecule has 2 aromatic carbocycles. The van der Waals surface area contributed by atoms with Gasteiger partial charge in [0.25, 0.3) is 5.69 Å². The van der Waals surface area contributed by atoms with Crippen molar-refractivity contribution in [2.75, 3.05) is 29.1 Å². The van der Waals surface area contributed by atoms with Crippen molar-refractivity contribution in [3.8, 4) is 0 Å². The summed E-state index contributed by atoms with van der Waals surface area (Å²) in [6.07, 6.45) is 3.47. The molecule has 2 amide bonds. The fourth-order valence-corrected chi connectivity index (χ4v) is 4.06. The lowest BCUT2D eigenvalue weighted by atomic mass is 10.1. The number of hydrogen-bond acceptors (Lipinski definition) is 6. The Hall–Kier alpha value is -3.07. The Morgan fingerprint density at radius 3 is 2.55 bits per heavy atom. The molecule has 1 aliphatic rings. The minimum Gasteiger partial charge on any atom is -0.370 e. The SMILES string of the molecule is NC(=O)c1ccc(SCC(=O)Nc2ccccc2N2CCCCC2)c([N+](=O)[O-])c1. The minimum atomic E-state index is -0.739. The van der Waals surface area contributed by atoms with E-state index < -0.39 is 10.8 Å². The molecule has 152 valence electrons. The maximum absolute atomic E-state index is 12.5. The quantitative estimate of drug-likeness (QED) is 0.407. The summed E-state index contributed by atoms with van der Waals surface area (Å²) in [5, 5.41) is 14.2. The van der Waals surface area contributed by atoms with E-state index in [1.807, 2.05) is 24.3 Å². The van der Waals surface area contributed by atoms with Gasteiger partial charge in [-0.2, -0.15) is 0 Å². The van der Waals surface area contributed by atoms with Crippen LogP contribution >= 0.6 is 11.8 Å². The zero-order chi connectivity index (χ0) is 20.8. The third-order valence-corrected chi connectivity index (χ3v) is 5.74. The summed E-state index contributed by atoms with van der Waals surface area (Å²) in [5.74, 6) is -0.991. The van der Waals surface area contributed by atoms with E-state index in [1.54, 1.807) is 0 Å². The van der Waals surface area contributed by atoms with Gasteiger partial charge >= 0.3 is 0 Å². The molecular formula is C20H22N4O4S. The Labute approximate surface area is 172 Å². The molecule has 29 heavy (non-hydrogen) atoms. The van der Waals surface area contributed by atoms with Crippen molar-refractivity contribution in [3.05, 3.63) is 58.1 Å². The summed E-state index contributed by atoms with van der Waals surface area (Å²) in [5.41, 5.74) is 6.72. The summed E-state index contributed by atoms with van der Waals surface area (Å²) in [4.78, 5) is 37.0. The number of nitro groups is 1. The number of primary amides is 1. The van der Waals surface area contributed by atoms with Gasteiger partial charge in [-0.3, -0.25) is 19.7 Å². The van der Waals surface area contributed by atoms with E-state index in [4.69, 9.17) is 5.73 Å². The second kappa shape index (κ2) is 9.42. The van der Waals surface area contributed by atoms with Gasteiger partial charge in [0.2, 0.25) is 11.8 Å². The lowest BCUT2D eigenvalue weighted by Gasteiger charge is -2.30. The Balaban J connectivity index is 1.68. The van der Waals surface area contributed by atoms with Crippen LogP contribution in [0.3, 0.4) is 0 Å². The van der Waals surface area contributed by atoms with Crippen LogP contribution in [-0.4, -0.2) is 35.6 Å². The van der Waals surface area contributed by atoms with E-state index in [-0.39, 0.29) is 22.9 Å². The largest absolute Gasteiger partial charge is 0.370 e. The van der Waals surface area contributed by atoms with Gasteiger partial charge in [-0.1, -0.05) is 12.1 Å². The number of thioether (sulfide) groups is 1. The first-order chi connectivity index (χ1) is 14.0. The molecule has 0 atom stereocenters. The van der Waals surface area contributed by atoms with Gasteiger partial charge in [0.1, 0.15) is 0 Å². The fourth-order valence-electron chi connectivity index (χ4n) is 3.25. The minimum absolute atomic E-state index is 0.00505. The molecule has 1 heterocycles. The fraction of sp³-hybridized carbons (Fsp3) is 0.300. The van der Waals surface area contributed by atoms with E-state index in [2.05, 4.69) is 10.2 Å². The van der Waals surface area contributed by atoms with E-state index in [1.165, 1.54) is 18.6 Å². The highest BCUT2D eigenvalue weighted by Crippen LogP contribution is 2.31. The second-order valence-electron chi connectivity index (χ2n) is 6.71. The topological polar surface area (TPSA) is 119 Å². The van der Waals surface area contributed by atoms with Crippen LogP contribution in [0.5, 0.6) is 0 Å². The standard InChI is InChI=1S/C20H22N4O4S/c21-20(26)14-8-9-18(17(12-14)24(27)28)29-13-19(25)22-15-6-2-3-7-16(15)23-10-4-1-5-11-23/h2-3,6-9,12H,1,4-5,10-11,13H2,(H2,21,26)(H,22,25). The number of nitrogens with one attached hydrogen (secondary N) is 1. The van der Waals surface area contributed by atoms with Crippen LogP contribution in [0.25, 0.3) is 0 Å². The maximum Gasteiger partial charge on any atom is 0.283 e. The van der Waals surface area contributed by atoms with Gasteiger partial charge in [0.05, 0.1) is 26.9 Å². The van der Waals surface area contributed by atoms with Crippen molar-refractivity contribution in [2.45, 2.75) is 24.2 Å². The Morgan fingerprint density at radius 1 is 1.14 bits per heavy atom. The number of amides is 2. The van der Waals surface area contributed by atoms with Crippen molar-refractivity contribution in [3.63, 3.8) is 0 Å². The molecule has 0 radical (unpaired) electrons. The normalized spacial score (nSPS) is 13.7. The van der Waals surface area contributed by atoms with Crippen molar-refractivity contribution < 1.29 is 14.5 Å². The molecule has 3 N–H and O–H groups in total. The third-order valence-electron chi connectivity index (χ3n) is 4.67. The number of rotatable bonds is 7. The molecule has 8 nitrogen and oxygen atoms in total. The van der Waals surface area contributed by atoms with Crippen LogP contribution in [0.4, 0.5) is 17.1 Å². The Kier molecular flexibility index (Phi) is 6.71. The number of para-hydroxylation sites is 2. The Morgan fingerprint density at radius 2 is 1.86 bits per heavy atom. The van der Waals surface area contributed by atoms with Crippen molar-refractivity contribution in [1.82, 2.24) is 0 Å². The van der Waals surface area contributed by atoms with Crippen LogP contribution in [-0.2, 0) is 4.79 Å². The van der Waals surface area contributed by atoms with Crippen LogP contribution in [0.15, 0.2) is 47.4 Å². The number of benzene rings is 2. The predicted octanol–water partition coefficient (Wildman–Crippen LogP) is 3.41. The molecule has 0 aromatic heterocycles. The van der Waals surface area contributed by atoms with Gasteiger partial charge in [0.15, 0.2) is 0 Å². The van der Waals surface area contributed by atoms with E-state index in [0.717, 1.165) is 55.1 Å². The van der Waals surface area contributed by atoms with Gasteiger partial charge in [-0.25, -0.2) is 0 Å². The van der Waals surface area contributed by atoms with Gasteiger partial charge < -0.3 is 16.0 Å². The number of anilines is 2. The third kappa shape index (κ3) is 5.26. The van der Waals surface area contributed by atoms with Crippen molar-refractivity contribution in [2.24, 2.45) is 5.73 Å². The predicted molar refractivity (Wildman–Crippen MR) is 113 cm³/mol. The molecule has 0 unspecified atom stereocenters. The number of nitro benzene ring substituents is 1. The smallest absolute Gasteiger partial charge is 0.283 e. The molecule has 1 saturated heterocycles. The lowest BCUT2D eigenvalue weighted by Crippen LogP contribution is -2.30. The molecule has 0 spiro atoms. The molecule has 1 fully saturated rings. The van der Waals surface area contributed by atoms with Crippen LogP contribution in [0.1, 0.15) is 29.6 Å². The van der Waals surface area contributed by atoms with Gasteiger partial charge in [-0.15, -0.1) is 11.8 Å². The molecule has 9 heteroatoms. The van der Waals surface area contributed by atoms with Gasteiger partial charge in [-0.05, 0) is 43.5 Å². The Bertz CT molecular complexity index is 928. The zero-order valence-electron chi connectivity index (χ0n) is 15.8. The summed E-state index contributed by atoms with van der Waals surface area (Å²) < 4.78 is 0. The van der Waals surface area contributed by atoms with Crippen molar-refractivity contribution in [1.29, 1.82) is 0 Å². The number of piperidine rings is 1. The average molecular weight is 414 g/mol. The summed E-state index contributed by atoms with van der Waals surface area (Å²) >= 11 is 1.05. The van der Waals surface area contributed by atoms with Gasteiger partial charge in [0, 0.05) is 24.7 Å². The first-order valence-corrected chi connectivity index (χ1v) is 10.3. The molecule has 0 bridgehead atoms. The van der Waals surface area contributed by atoms with E-state index in [9.17, 15) is 19.7 Å². The lowest BCUT2D eigenvalue weighted by molar-refractivity contribution is -0.387. The van der Waals surface area contributed by atoms with Crippen LogP contribution < -0.4 is 16.0 Å². The summed E-state index contributed by atoms with van der Waals surface area (Å²) in [6.45, 7) is 1.92. The monoisotopic (exact) mass is 414 g/mol. The molecule has 0 saturated carbocycles. The maximum atomic E-state index is 12.5. The number of hydrogen-bond donors (Lipinski definition) is 2. The van der Waals surface area contributed by atoms with Crippen LogP contribution in [0.2, 0.25) is 0 Å². The highest BCUT2D eigenvalue weighted by atomic mass is 32.2. The molecule has 3 rings (SSSR count). The highest BCUT2D eigenvalue weighted by Gasteiger charge is 2.19. The molecule has 2 aromatic rings. The molecule has 1 aliphatic heterocycles.